The minimum absolute atomic E-state index is 0.00285. The Labute approximate surface area is 145 Å². The van der Waals surface area contributed by atoms with Gasteiger partial charge in [0.25, 0.3) is 0 Å². The fourth-order valence-electron chi connectivity index (χ4n) is 4.32. The standard InChI is InChI=1S/C19H17NO5/c1-2-11-3-5-13(6-4-11)23-9-15(21)24-16-12-7-14-17(16)25-18(22)19(14,8-12)10-20/h2-6,12,14,16-17H,1,7-9H2. The molecule has 2 bridgehead atoms. The van der Waals surface area contributed by atoms with Crippen molar-refractivity contribution in [3.63, 3.8) is 0 Å². The lowest BCUT2D eigenvalue weighted by Gasteiger charge is -2.27. The van der Waals surface area contributed by atoms with Crippen LogP contribution in [0.15, 0.2) is 30.8 Å². The van der Waals surface area contributed by atoms with Gasteiger partial charge in [0.1, 0.15) is 18.0 Å². The fourth-order valence-corrected chi connectivity index (χ4v) is 4.32. The summed E-state index contributed by atoms with van der Waals surface area (Å²) in [5, 5.41) is 9.37. The van der Waals surface area contributed by atoms with Gasteiger partial charge < -0.3 is 14.2 Å². The molecule has 25 heavy (non-hydrogen) atoms. The molecule has 0 radical (unpaired) electrons. The molecule has 5 unspecified atom stereocenters. The van der Waals surface area contributed by atoms with E-state index in [0.717, 1.165) is 5.56 Å². The van der Waals surface area contributed by atoms with Crippen molar-refractivity contribution >= 4 is 18.0 Å². The maximum atomic E-state index is 12.1. The highest BCUT2D eigenvalue weighted by molar-refractivity contribution is 5.84. The zero-order valence-corrected chi connectivity index (χ0v) is 13.5. The molecular formula is C19H17NO5. The largest absolute Gasteiger partial charge is 0.482 e. The highest BCUT2D eigenvalue weighted by Crippen LogP contribution is 2.62. The Kier molecular flexibility index (Phi) is 3.53. The lowest BCUT2D eigenvalue weighted by molar-refractivity contribution is -0.163. The summed E-state index contributed by atoms with van der Waals surface area (Å²) in [4.78, 5) is 24.1. The Morgan fingerprint density at radius 1 is 1.44 bits per heavy atom. The number of benzene rings is 1. The van der Waals surface area contributed by atoms with E-state index in [9.17, 15) is 14.9 Å². The zero-order chi connectivity index (χ0) is 17.6. The normalized spacial score (nSPS) is 34.3. The summed E-state index contributed by atoms with van der Waals surface area (Å²) in [5.41, 5.74) is -0.0670. The van der Waals surface area contributed by atoms with Crippen LogP contribution >= 0.6 is 0 Å². The molecule has 6 heteroatoms. The molecule has 2 aliphatic carbocycles. The maximum Gasteiger partial charge on any atom is 0.344 e. The Bertz CT molecular complexity index is 780. The molecular weight excluding hydrogens is 322 g/mol. The van der Waals surface area contributed by atoms with E-state index in [2.05, 4.69) is 12.6 Å². The molecule has 5 atom stereocenters. The van der Waals surface area contributed by atoms with E-state index >= 15 is 0 Å². The summed E-state index contributed by atoms with van der Waals surface area (Å²) < 4.78 is 16.3. The molecule has 1 aromatic rings. The van der Waals surface area contributed by atoms with Crippen molar-refractivity contribution in [3.05, 3.63) is 36.4 Å². The third kappa shape index (κ3) is 2.30. The Morgan fingerprint density at radius 2 is 2.20 bits per heavy atom. The van der Waals surface area contributed by atoms with E-state index in [1.54, 1.807) is 18.2 Å². The number of fused-ring (bicyclic) bond motifs is 1. The first-order valence-electron chi connectivity index (χ1n) is 8.24. The summed E-state index contributed by atoms with van der Waals surface area (Å²) in [6.45, 7) is 3.46. The molecule has 3 aliphatic rings. The van der Waals surface area contributed by atoms with E-state index < -0.39 is 29.6 Å². The van der Waals surface area contributed by atoms with E-state index in [0.29, 0.717) is 18.6 Å². The molecule has 1 heterocycles. The van der Waals surface area contributed by atoms with Gasteiger partial charge in [0.15, 0.2) is 12.0 Å². The second-order valence-electron chi connectivity index (χ2n) is 6.78. The van der Waals surface area contributed by atoms with Gasteiger partial charge >= 0.3 is 11.9 Å². The van der Waals surface area contributed by atoms with Crippen molar-refractivity contribution in [1.29, 1.82) is 5.26 Å². The van der Waals surface area contributed by atoms with Gasteiger partial charge in [-0.1, -0.05) is 24.8 Å². The van der Waals surface area contributed by atoms with Crippen LogP contribution in [0.4, 0.5) is 0 Å². The van der Waals surface area contributed by atoms with Gasteiger partial charge in [0.05, 0.1) is 6.07 Å². The molecule has 0 aromatic heterocycles. The van der Waals surface area contributed by atoms with Crippen LogP contribution < -0.4 is 4.74 Å². The number of hydrogen-bond acceptors (Lipinski definition) is 6. The first kappa shape index (κ1) is 15.7. The number of nitriles is 1. The molecule has 1 aliphatic heterocycles. The van der Waals surface area contributed by atoms with Crippen molar-refractivity contribution in [1.82, 2.24) is 0 Å². The summed E-state index contributed by atoms with van der Waals surface area (Å²) in [6, 6.07) is 9.31. The third-order valence-electron chi connectivity index (χ3n) is 5.51. The molecule has 0 spiro atoms. The molecule has 128 valence electrons. The molecule has 1 saturated heterocycles. The lowest BCUT2D eigenvalue weighted by atomic mass is 9.75. The quantitative estimate of drug-likeness (QED) is 0.764. The lowest BCUT2D eigenvalue weighted by Crippen LogP contribution is -2.40. The van der Waals surface area contributed by atoms with Crippen LogP contribution in [-0.4, -0.2) is 30.8 Å². The van der Waals surface area contributed by atoms with Crippen molar-refractivity contribution in [2.75, 3.05) is 6.61 Å². The molecule has 6 nitrogen and oxygen atoms in total. The van der Waals surface area contributed by atoms with Crippen molar-refractivity contribution in [3.8, 4) is 11.8 Å². The number of ether oxygens (including phenoxy) is 3. The smallest absolute Gasteiger partial charge is 0.344 e. The number of esters is 2. The first-order chi connectivity index (χ1) is 12.1. The Hall–Kier alpha value is -2.81. The highest BCUT2D eigenvalue weighted by Gasteiger charge is 2.72. The minimum Gasteiger partial charge on any atom is -0.482 e. The molecule has 0 amide bonds. The van der Waals surface area contributed by atoms with Crippen LogP contribution in [0, 0.1) is 28.6 Å². The molecule has 2 saturated carbocycles. The average Bonchev–Trinajstić information content (AvgIpc) is 3.22. The van der Waals surface area contributed by atoms with Crippen molar-refractivity contribution < 1.29 is 23.8 Å². The van der Waals surface area contributed by atoms with Gasteiger partial charge in [-0.25, -0.2) is 4.79 Å². The van der Waals surface area contributed by atoms with Crippen LogP contribution in [0.25, 0.3) is 6.08 Å². The van der Waals surface area contributed by atoms with Gasteiger partial charge in [-0.2, -0.15) is 5.26 Å². The summed E-state index contributed by atoms with van der Waals surface area (Å²) in [5.74, 6) is -0.580. The Balaban J connectivity index is 1.36. The first-order valence-corrected chi connectivity index (χ1v) is 8.24. The molecule has 1 aromatic carbocycles. The second kappa shape index (κ2) is 5.62. The van der Waals surface area contributed by atoms with Gasteiger partial charge in [-0.3, -0.25) is 4.79 Å². The molecule has 3 fully saturated rings. The molecule has 0 N–H and O–H groups in total. The summed E-state index contributed by atoms with van der Waals surface area (Å²) in [7, 11) is 0. The average molecular weight is 339 g/mol. The van der Waals surface area contributed by atoms with Crippen molar-refractivity contribution in [2.24, 2.45) is 17.3 Å². The summed E-state index contributed by atoms with van der Waals surface area (Å²) >= 11 is 0. The second-order valence-corrected chi connectivity index (χ2v) is 6.78. The minimum atomic E-state index is -1.03. The number of carbonyl (C=O) groups is 2. The van der Waals surface area contributed by atoms with E-state index in [1.165, 1.54) is 0 Å². The third-order valence-corrected chi connectivity index (χ3v) is 5.51. The van der Waals surface area contributed by atoms with Crippen LogP contribution in [0.5, 0.6) is 5.75 Å². The van der Waals surface area contributed by atoms with Crippen LogP contribution in [-0.2, 0) is 19.1 Å². The van der Waals surface area contributed by atoms with E-state index in [4.69, 9.17) is 14.2 Å². The van der Waals surface area contributed by atoms with Crippen LogP contribution in [0.3, 0.4) is 0 Å². The monoisotopic (exact) mass is 339 g/mol. The predicted octanol–water partition coefficient (Wildman–Crippen LogP) is 2.10. The Morgan fingerprint density at radius 3 is 2.88 bits per heavy atom. The number of hydrogen-bond donors (Lipinski definition) is 0. The number of carbonyl (C=O) groups excluding carboxylic acids is 2. The van der Waals surface area contributed by atoms with E-state index in [1.807, 2.05) is 12.1 Å². The number of nitrogens with zero attached hydrogens (tertiary/aromatic N) is 1. The van der Waals surface area contributed by atoms with Crippen molar-refractivity contribution in [2.45, 2.75) is 25.0 Å². The van der Waals surface area contributed by atoms with Gasteiger partial charge in [0.2, 0.25) is 0 Å². The number of rotatable bonds is 5. The van der Waals surface area contributed by atoms with E-state index in [-0.39, 0.29) is 18.4 Å². The maximum absolute atomic E-state index is 12.1. The van der Waals surface area contributed by atoms with Gasteiger partial charge in [-0.15, -0.1) is 0 Å². The highest BCUT2D eigenvalue weighted by atomic mass is 16.6. The zero-order valence-electron chi connectivity index (χ0n) is 13.5. The summed E-state index contributed by atoms with van der Waals surface area (Å²) in [6.07, 6.45) is 1.84. The van der Waals surface area contributed by atoms with Crippen LogP contribution in [0.1, 0.15) is 18.4 Å². The topological polar surface area (TPSA) is 85.6 Å². The predicted molar refractivity (Wildman–Crippen MR) is 86.0 cm³/mol. The van der Waals surface area contributed by atoms with Gasteiger partial charge in [-0.05, 0) is 30.5 Å². The van der Waals surface area contributed by atoms with Crippen LogP contribution in [0.2, 0.25) is 0 Å². The van der Waals surface area contributed by atoms with Gasteiger partial charge in [0, 0.05) is 11.8 Å². The SMILES string of the molecule is C=Cc1ccc(OCC(=O)OC2C3CC4C2OC(=O)C4(C#N)C3)cc1. The molecule has 4 rings (SSSR count). The fraction of sp³-hybridized carbons (Fsp3) is 0.421.